The number of carbonyl (C=O) groups excluding carboxylic acids is 5. The van der Waals surface area contributed by atoms with Crippen molar-refractivity contribution in [2.45, 2.75) is 89.4 Å². The smallest absolute Gasteiger partial charge is 0.255 e. The molecule has 3 aromatic rings. The zero-order valence-electron chi connectivity index (χ0n) is 38.0. The molecule has 15 heteroatoms. The standard InChI is InChI=1S/C51H61FN8O6/c1-66-44-27-43(41(52)26-40(44)46-51(14-2-3-15-51)50(65)60(46)37-5-6-38-34(24-37)28-53-47(38)62)58-18-12-33(13-19-58)30-56-22-20-55(21-23-56)29-32-10-16-57(17-11-32)36-4-7-39-35(25-36)31-59(49(39)64)42-8-9-45(61)54-48(42)63/h4-7,24-27,32-33,42,46H,2-3,8-23,28-31H2,1H3,(H,53,62)(H,54,61,63)/t42-,46-/m0/s1. The summed E-state index contributed by atoms with van der Waals surface area (Å²) in [5, 5.41) is 5.25. The predicted octanol–water partition coefficient (Wildman–Crippen LogP) is 5.24. The first kappa shape index (κ1) is 43.1. The van der Waals surface area contributed by atoms with Crippen molar-refractivity contribution in [1.82, 2.24) is 25.3 Å². The molecule has 1 aliphatic carbocycles. The van der Waals surface area contributed by atoms with Crippen LogP contribution in [0.25, 0.3) is 0 Å². The SMILES string of the molecule is COc1cc(N2CCC(CN3CCN(CC4CCN(c5ccc6c(c5)CN([C@H]5CCC(=O)NC5=O)C6=O)CC4)CC3)CC2)c(F)cc1[C@@H]1N(c2ccc3c(c2)CNC3=O)C(=O)C12CCCC2. The number of benzene rings is 3. The van der Waals surface area contributed by atoms with Crippen molar-refractivity contribution in [2.75, 3.05) is 87.3 Å². The van der Waals surface area contributed by atoms with Gasteiger partial charge < -0.3 is 39.5 Å². The van der Waals surface area contributed by atoms with Crippen molar-refractivity contribution >= 4 is 46.6 Å². The topological polar surface area (TPSA) is 138 Å². The molecule has 5 amide bonds. The van der Waals surface area contributed by atoms with E-state index in [1.165, 1.54) is 0 Å². The lowest BCUT2D eigenvalue weighted by molar-refractivity contribution is -0.140. The first-order chi connectivity index (χ1) is 32.1. The van der Waals surface area contributed by atoms with Gasteiger partial charge in [0.1, 0.15) is 17.6 Å². The van der Waals surface area contributed by atoms with E-state index in [-0.39, 0.29) is 47.8 Å². The van der Waals surface area contributed by atoms with Gasteiger partial charge in [0.05, 0.1) is 24.3 Å². The third kappa shape index (κ3) is 7.59. The van der Waals surface area contributed by atoms with E-state index in [1.54, 1.807) is 24.1 Å². The monoisotopic (exact) mass is 900 g/mol. The number of imide groups is 1. The number of piperazine rings is 1. The Morgan fingerprint density at radius 1 is 0.727 bits per heavy atom. The Hall–Kier alpha value is -5.54. The number of anilines is 3. The zero-order chi connectivity index (χ0) is 45.3. The van der Waals surface area contributed by atoms with Crippen LogP contribution in [-0.2, 0) is 27.5 Å². The second-order valence-corrected chi connectivity index (χ2v) is 20.2. The number of methoxy groups -OCH3 is 1. The molecule has 1 spiro atoms. The van der Waals surface area contributed by atoms with Gasteiger partial charge in [0.25, 0.3) is 11.8 Å². The lowest BCUT2D eigenvalue weighted by Gasteiger charge is -2.55. The minimum Gasteiger partial charge on any atom is -0.496 e. The highest BCUT2D eigenvalue weighted by Crippen LogP contribution is 2.62. The molecule has 14 nitrogen and oxygen atoms in total. The minimum atomic E-state index is -0.599. The van der Waals surface area contributed by atoms with Crippen LogP contribution in [-0.4, -0.2) is 123 Å². The van der Waals surface area contributed by atoms with Crippen LogP contribution in [0.5, 0.6) is 5.75 Å². The summed E-state index contributed by atoms with van der Waals surface area (Å²) < 4.78 is 22.4. The summed E-state index contributed by atoms with van der Waals surface area (Å²) >= 11 is 0. The Morgan fingerprint density at radius 3 is 2.03 bits per heavy atom. The molecule has 3 aromatic carbocycles. The van der Waals surface area contributed by atoms with E-state index in [1.807, 2.05) is 35.2 Å². The van der Waals surface area contributed by atoms with Gasteiger partial charge in [-0.05, 0) is 110 Å². The second kappa shape index (κ2) is 17.3. The fraction of sp³-hybridized carbons (Fsp3) is 0.549. The van der Waals surface area contributed by atoms with Gasteiger partial charge >= 0.3 is 0 Å². The molecule has 7 heterocycles. The number of hydrogen-bond acceptors (Lipinski definition) is 10. The molecular formula is C51H61FN8O6. The van der Waals surface area contributed by atoms with Gasteiger partial charge in [0.15, 0.2) is 0 Å². The number of amides is 5. The number of ether oxygens (including phenoxy) is 1. The first-order valence-electron chi connectivity index (χ1n) is 24.4. The van der Waals surface area contributed by atoms with Crippen LogP contribution in [0.2, 0.25) is 0 Å². The van der Waals surface area contributed by atoms with Gasteiger partial charge in [-0.2, -0.15) is 0 Å². The average molecular weight is 901 g/mol. The Balaban J connectivity index is 0.650. The van der Waals surface area contributed by atoms with Crippen molar-refractivity contribution in [3.05, 3.63) is 82.2 Å². The molecule has 6 fully saturated rings. The molecule has 66 heavy (non-hydrogen) atoms. The highest BCUT2D eigenvalue weighted by atomic mass is 19.1. The number of carbonyl (C=O) groups is 5. The predicted molar refractivity (Wildman–Crippen MR) is 247 cm³/mol. The zero-order valence-corrected chi connectivity index (χ0v) is 38.0. The fourth-order valence-electron chi connectivity index (χ4n) is 12.8. The summed E-state index contributed by atoms with van der Waals surface area (Å²) in [5.41, 5.74) is 5.70. The van der Waals surface area contributed by atoms with Crippen molar-refractivity contribution < 1.29 is 33.1 Å². The van der Waals surface area contributed by atoms with E-state index in [0.29, 0.717) is 59.5 Å². The number of halogens is 1. The van der Waals surface area contributed by atoms with Crippen LogP contribution < -0.4 is 30.1 Å². The van der Waals surface area contributed by atoms with Crippen molar-refractivity contribution in [3.63, 3.8) is 0 Å². The van der Waals surface area contributed by atoms with E-state index in [4.69, 9.17) is 4.74 Å². The summed E-state index contributed by atoms with van der Waals surface area (Å²) in [6, 6.07) is 14.2. The molecule has 0 bridgehead atoms. The Morgan fingerprint density at radius 2 is 1.36 bits per heavy atom. The summed E-state index contributed by atoms with van der Waals surface area (Å²) in [5.74, 6) is 0.743. The molecule has 0 unspecified atom stereocenters. The molecule has 1 saturated carbocycles. The average Bonchev–Trinajstić information content (AvgIpc) is 4.07. The molecule has 2 atom stereocenters. The van der Waals surface area contributed by atoms with Gasteiger partial charge in [0.2, 0.25) is 17.7 Å². The van der Waals surface area contributed by atoms with E-state index in [9.17, 15) is 24.0 Å². The van der Waals surface area contributed by atoms with E-state index in [2.05, 4.69) is 36.3 Å². The van der Waals surface area contributed by atoms with Crippen molar-refractivity contribution in [1.29, 1.82) is 0 Å². The van der Waals surface area contributed by atoms with Crippen LogP contribution in [0.4, 0.5) is 21.5 Å². The van der Waals surface area contributed by atoms with Gasteiger partial charge in [-0.3, -0.25) is 29.3 Å². The number of β-lactam (4-membered cyclic amide) rings is 1. The lowest BCUT2D eigenvalue weighted by atomic mass is 9.66. The van der Waals surface area contributed by atoms with E-state index < -0.39 is 11.5 Å². The van der Waals surface area contributed by atoms with Crippen molar-refractivity contribution in [2.24, 2.45) is 17.3 Å². The second-order valence-electron chi connectivity index (χ2n) is 20.2. The van der Waals surface area contributed by atoms with Crippen LogP contribution >= 0.6 is 0 Å². The van der Waals surface area contributed by atoms with Crippen molar-refractivity contribution in [3.8, 4) is 5.75 Å². The highest BCUT2D eigenvalue weighted by molar-refractivity contribution is 6.08. The summed E-state index contributed by atoms with van der Waals surface area (Å²) in [6.45, 7) is 10.8. The first-order valence-corrected chi connectivity index (χ1v) is 24.4. The Bertz CT molecular complexity index is 2450. The molecule has 2 N–H and O–H groups in total. The molecule has 8 aliphatic rings. The summed E-state index contributed by atoms with van der Waals surface area (Å²) in [4.78, 5) is 76.9. The number of nitrogens with zero attached hydrogens (tertiary/aromatic N) is 6. The van der Waals surface area contributed by atoms with Gasteiger partial charge in [-0.25, -0.2) is 4.39 Å². The third-order valence-corrected chi connectivity index (χ3v) is 16.5. The minimum absolute atomic E-state index is 0.0761. The van der Waals surface area contributed by atoms with Gasteiger partial charge in [-0.1, -0.05) is 12.8 Å². The number of nitrogens with one attached hydrogen (secondary N) is 2. The van der Waals surface area contributed by atoms with E-state index >= 15 is 4.39 Å². The maximum atomic E-state index is 16.4. The maximum Gasteiger partial charge on any atom is 0.255 e. The van der Waals surface area contributed by atoms with Crippen LogP contribution in [0.3, 0.4) is 0 Å². The van der Waals surface area contributed by atoms with Crippen LogP contribution in [0.15, 0.2) is 48.5 Å². The molecule has 5 saturated heterocycles. The summed E-state index contributed by atoms with van der Waals surface area (Å²) in [6.07, 6.45) is 8.37. The third-order valence-electron chi connectivity index (χ3n) is 16.5. The quantitative estimate of drug-likeness (QED) is 0.206. The molecule has 0 aromatic heterocycles. The highest BCUT2D eigenvalue weighted by Gasteiger charge is 2.63. The molecule has 7 aliphatic heterocycles. The molecular weight excluding hydrogens is 840 g/mol. The number of rotatable bonds is 10. The summed E-state index contributed by atoms with van der Waals surface area (Å²) in [7, 11) is 1.64. The number of fused-ring (bicyclic) bond motifs is 2. The lowest BCUT2D eigenvalue weighted by Crippen LogP contribution is -2.62. The Kier molecular flexibility index (Phi) is 11.3. The largest absolute Gasteiger partial charge is 0.496 e. The number of piperidine rings is 3. The fourth-order valence-corrected chi connectivity index (χ4v) is 12.8. The Labute approximate surface area is 385 Å². The normalized spacial score (nSPS) is 25.1. The van der Waals surface area contributed by atoms with Crippen LogP contribution in [0.1, 0.15) is 108 Å². The molecule has 0 radical (unpaired) electrons. The maximum absolute atomic E-state index is 16.4. The van der Waals surface area contributed by atoms with E-state index in [0.717, 1.165) is 139 Å². The molecule has 348 valence electrons. The van der Waals surface area contributed by atoms with Gasteiger partial charge in [-0.15, -0.1) is 0 Å². The molecule has 11 rings (SSSR count). The number of hydrogen-bond donors (Lipinski definition) is 2. The van der Waals surface area contributed by atoms with Gasteiger partial charge in [0, 0.05) is 119 Å². The van der Waals surface area contributed by atoms with Crippen LogP contribution in [0, 0.1) is 23.1 Å².